The van der Waals surface area contributed by atoms with Gasteiger partial charge in [0.05, 0.1) is 48.9 Å². The Labute approximate surface area is 187 Å². The average Bonchev–Trinajstić information content (AvgIpc) is 3.44. The second kappa shape index (κ2) is 7.20. The van der Waals surface area contributed by atoms with Crippen LogP contribution in [0.25, 0.3) is 32.4 Å². The highest BCUT2D eigenvalue weighted by molar-refractivity contribution is 7.89. The summed E-state index contributed by atoms with van der Waals surface area (Å²) in [6.45, 7) is 1.89. The van der Waals surface area contributed by atoms with Crippen molar-refractivity contribution in [3.05, 3.63) is 39.7 Å². The highest BCUT2D eigenvalue weighted by atomic mass is 35.5. The standard InChI is InChI=1S/C18H15ClN6O2S3/c1-18(7-30(26)25(2)17(20)22-18)14-10(19)6-13(29-14)16-24-23-15(27-16)9-3-4-12-11(5-9)21-8-28-12/h3-6,8H,7H2,1-2H3,(H2,20,22)/t18-,30?/m0/s1. The SMILES string of the molecule is CN1C(=N)N[C@](C)(c2sc(-c3nnc(-c4ccc5scnc5c4)o3)cc2Cl)C[S+]1[O-]. The maximum atomic E-state index is 12.4. The molecule has 154 valence electrons. The number of fused-ring (bicyclic) bond motifs is 1. The van der Waals surface area contributed by atoms with Crippen molar-refractivity contribution in [1.82, 2.24) is 24.8 Å². The van der Waals surface area contributed by atoms with Crippen molar-refractivity contribution in [3.8, 4) is 22.2 Å². The number of hydrogen-bond donors (Lipinski definition) is 2. The molecule has 4 heterocycles. The van der Waals surface area contributed by atoms with Crippen LogP contribution in [-0.2, 0) is 16.9 Å². The Morgan fingerprint density at radius 1 is 1.33 bits per heavy atom. The van der Waals surface area contributed by atoms with Crippen LogP contribution in [0.2, 0.25) is 5.02 Å². The van der Waals surface area contributed by atoms with Gasteiger partial charge in [-0.25, -0.2) is 4.98 Å². The first kappa shape index (κ1) is 19.8. The molecule has 0 radical (unpaired) electrons. The van der Waals surface area contributed by atoms with Crippen LogP contribution in [0.5, 0.6) is 0 Å². The normalized spacial score (nSPS) is 21.9. The van der Waals surface area contributed by atoms with Crippen molar-refractivity contribution in [2.45, 2.75) is 12.5 Å². The van der Waals surface area contributed by atoms with Gasteiger partial charge < -0.3 is 14.3 Å². The van der Waals surface area contributed by atoms with Gasteiger partial charge in [0.15, 0.2) is 5.75 Å². The molecule has 2 N–H and O–H groups in total. The Bertz CT molecular complexity index is 1270. The number of halogens is 1. The van der Waals surface area contributed by atoms with Gasteiger partial charge in [-0.3, -0.25) is 5.41 Å². The summed E-state index contributed by atoms with van der Waals surface area (Å²) in [4.78, 5) is 5.81. The number of rotatable bonds is 3. The van der Waals surface area contributed by atoms with E-state index in [2.05, 4.69) is 20.5 Å². The van der Waals surface area contributed by atoms with Gasteiger partial charge >= 0.3 is 0 Å². The Hall–Kier alpha value is -2.18. The molecule has 0 bridgehead atoms. The molecule has 1 saturated heterocycles. The molecule has 1 unspecified atom stereocenters. The number of thiophene rings is 1. The molecule has 5 rings (SSSR count). The summed E-state index contributed by atoms with van der Waals surface area (Å²) in [7, 11) is 1.62. The van der Waals surface area contributed by atoms with Crippen molar-refractivity contribution in [2.24, 2.45) is 0 Å². The van der Waals surface area contributed by atoms with Gasteiger partial charge in [-0.05, 0) is 31.2 Å². The molecule has 0 saturated carbocycles. The Morgan fingerprint density at radius 3 is 2.93 bits per heavy atom. The van der Waals surface area contributed by atoms with E-state index in [-0.39, 0.29) is 5.96 Å². The molecule has 0 spiro atoms. The molecule has 1 aliphatic rings. The molecular formula is C18H15ClN6O2S3. The van der Waals surface area contributed by atoms with E-state index in [1.54, 1.807) is 30.0 Å². The molecule has 3 aromatic heterocycles. The van der Waals surface area contributed by atoms with E-state index in [1.807, 2.05) is 25.1 Å². The Balaban J connectivity index is 1.47. The lowest BCUT2D eigenvalue weighted by molar-refractivity contribution is 0.424. The minimum absolute atomic E-state index is 0.0885. The highest BCUT2D eigenvalue weighted by Gasteiger charge is 2.44. The monoisotopic (exact) mass is 478 g/mol. The first-order valence-electron chi connectivity index (χ1n) is 8.80. The third kappa shape index (κ3) is 3.26. The first-order chi connectivity index (χ1) is 14.3. The molecule has 12 heteroatoms. The zero-order valence-corrected chi connectivity index (χ0v) is 19.0. The summed E-state index contributed by atoms with van der Waals surface area (Å²) in [5.41, 5.74) is 2.75. The number of guanidine groups is 1. The Morgan fingerprint density at radius 2 is 2.13 bits per heavy atom. The van der Waals surface area contributed by atoms with Crippen LogP contribution in [-0.4, -0.2) is 42.8 Å². The summed E-state index contributed by atoms with van der Waals surface area (Å²) in [5, 5.41) is 20.0. The van der Waals surface area contributed by atoms with Crippen molar-refractivity contribution < 1.29 is 8.97 Å². The lowest BCUT2D eigenvalue weighted by Gasteiger charge is -2.39. The maximum Gasteiger partial charge on any atom is 0.258 e. The molecule has 2 atom stereocenters. The molecular weight excluding hydrogens is 464 g/mol. The molecule has 0 aliphatic carbocycles. The summed E-state index contributed by atoms with van der Waals surface area (Å²) >= 11 is 8.16. The fourth-order valence-corrected chi connectivity index (χ4v) is 6.70. The van der Waals surface area contributed by atoms with E-state index in [4.69, 9.17) is 21.4 Å². The van der Waals surface area contributed by atoms with Crippen LogP contribution in [0.15, 0.2) is 34.2 Å². The number of benzene rings is 1. The van der Waals surface area contributed by atoms with Crippen LogP contribution in [0.1, 0.15) is 11.8 Å². The van der Waals surface area contributed by atoms with Crippen molar-refractivity contribution >= 4 is 61.8 Å². The van der Waals surface area contributed by atoms with Gasteiger partial charge in [0, 0.05) is 5.56 Å². The summed E-state index contributed by atoms with van der Waals surface area (Å²) in [6.07, 6.45) is 0. The van der Waals surface area contributed by atoms with E-state index >= 15 is 0 Å². The fraction of sp³-hybridized carbons (Fsp3) is 0.222. The van der Waals surface area contributed by atoms with Crippen molar-refractivity contribution in [3.63, 3.8) is 0 Å². The third-order valence-electron chi connectivity index (χ3n) is 4.83. The van der Waals surface area contributed by atoms with Crippen LogP contribution >= 0.6 is 34.3 Å². The second-order valence-corrected chi connectivity index (χ2v) is 10.8. The fourth-order valence-electron chi connectivity index (χ4n) is 3.22. The van der Waals surface area contributed by atoms with Gasteiger partial charge in [-0.2, -0.15) is 4.31 Å². The number of nitrogens with zero attached hydrogens (tertiary/aromatic N) is 4. The number of nitrogens with one attached hydrogen (secondary N) is 2. The molecule has 0 amide bonds. The van der Waals surface area contributed by atoms with Gasteiger partial charge in [-0.15, -0.1) is 32.9 Å². The smallest absolute Gasteiger partial charge is 0.258 e. The predicted molar refractivity (Wildman–Crippen MR) is 120 cm³/mol. The maximum absolute atomic E-state index is 12.4. The van der Waals surface area contributed by atoms with E-state index in [9.17, 15) is 4.55 Å². The van der Waals surface area contributed by atoms with E-state index in [0.29, 0.717) is 27.4 Å². The zero-order valence-electron chi connectivity index (χ0n) is 15.8. The summed E-state index contributed by atoms with van der Waals surface area (Å²) in [6, 6.07) is 7.59. The minimum Gasteiger partial charge on any atom is -0.593 e. The van der Waals surface area contributed by atoms with Gasteiger partial charge in [0.1, 0.15) is 5.54 Å². The topological polar surface area (TPSA) is 114 Å². The number of thiazole rings is 1. The molecule has 1 aliphatic heterocycles. The van der Waals surface area contributed by atoms with Crippen LogP contribution in [0, 0.1) is 5.41 Å². The van der Waals surface area contributed by atoms with Crippen LogP contribution < -0.4 is 5.32 Å². The molecule has 1 fully saturated rings. The largest absolute Gasteiger partial charge is 0.593 e. The summed E-state index contributed by atoms with van der Waals surface area (Å²) in [5.74, 6) is 1.14. The second-order valence-electron chi connectivity index (χ2n) is 7.00. The van der Waals surface area contributed by atoms with Crippen LogP contribution in [0.4, 0.5) is 0 Å². The third-order valence-corrected chi connectivity index (χ3v) is 9.05. The molecule has 8 nitrogen and oxygen atoms in total. The van der Waals surface area contributed by atoms with Gasteiger partial charge in [0.2, 0.25) is 11.9 Å². The van der Waals surface area contributed by atoms with Crippen molar-refractivity contribution in [1.29, 1.82) is 5.41 Å². The number of aromatic nitrogens is 3. The number of hydrogen-bond acceptors (Lipinski definition) is 8. The lowest BCUT2D eigenvalue weighted by Crippen LogP contribution is -2.60. The van der Waals surface area contributed by atoms with Crippen LogP contribution in [0.3, 0.4) is 0 Å². The predicted octanol–water partition coefficient (Wildman–Crippen LogP) is 4.08. The first-order valence-corrected chi connectivity index (χ1v) is 12.2. The summed E-state index contributed by atoms with van der Waals surface area (Å²) < 4.78 is 20.8. The Kier molecular flexibility index (Phi) is 4.75. The van der Waals surface area contributed by atoms with Gasteiger partial charge in [0.25, 0.3) is 5.89 Å². The lowest BCUT2D eigenvalue weighted by atomic mass is 10.0. The molecule has 4 aromatic rings. The van der Waals surface area contributed by atoms with E-state index < -0.39 is 16.9 Å². The molecule has 1 aromatic carbocycles. The zero-order chi connectivity index (χ0) is 21.0. The minimum atomic E-state index is -1.32. The average molecular weight is 479 g/mol. The van der Waals surface area contributed by atoms with Crippen molar-refractivity contribution in [2.75, 3.05) is 12.8 Å². The van der Waals surface area contributed by atoms with E-state index in [1.165, 1.54) is 15.6 Å². The quantitative estimate of drug-likeness (QED) is 0.426. The van der Waals surface area contributed by atoms with E-state index in [0.717, 1.165) is 20.7 Å². The molecule has 30 heavy (non-hydrogen) atoms. The highest BCUT2D eigenvalue weighted by Crippen LogP contribution is 2.42. The van der Waals surface area contributed by atoms with Gasteiger partial charge in [-0.1, -0.05) is 11.6 Å².